The van der Waals surface area contributed by atoms with E-state index in [9.17, 15) is 4.79 Å². The Bertz CT molecular complexity index is 473. The van der Waals surface area contributed by atoms with Crippen LogP contribution in [0.4, 0.5) is 10.7 Å². The molecule has 20 heavy (non-hydrogen) atoms. The van der Waals surface area contributed by atoms with E-state index in [1.807, 2.05) is 6.92 Å². The number of ether oxygens (including phenoxy) is 1. The fourth-order valence-corrected chi connectivity index (χ4v) is 2.44. The van der Waals surface area contributed by atoms with E-state index in [1.54, 1.807) is 13.3 Å². The Labute approximate surface area is 117 Å². The molecule has 1 saturated carbocycles. The number of aryl methyl sites for hydroxylation is 1. The Morgan fingerprint density at radius 1 is 1.35 bits per heavy atom. The summed E-state index contributed by atoms with van der Waals surface area (Å²) in [5.74, 6) is 1.13. The van der Waals surface area contributed by atoms with E-state index in [4.69, 9.17) is 9.84 Å². The van der Waals surface area contributed by atoms with E-state index in [-0.39, 0.29) is 12.1 Å². The topological polar surface area (TPSA) is 96.4 Å². The summed E-state index contributed by atoms with van der Waals surface area (Å²) < 4.78 is 5.17. The average molecular weight is 280 g/mol. The molecule has 0 spiro atoms. The van der Waals surface area contributed by atoms with Crippen LogP contribution in [-0.4, -0.2) is 40.4 Å². The van der Waals surface area contributed by atoms with Crippen LogP contribution >= 0.6 is 0 Å². The minimum absolute atomic E-state index is 0.0547. The predicted octanol–water partition coefficient (Wildman–Crippen LogP) is 1.78. The van der Waals surface area contributed by atoms with Gasteiger partial charge < -0.3 is 20.5 Å². The molecule has 0 radical (unpaired) electrons. The summed E-state index contributed by atoms with van der Waals surface area (Å²) in [6.07, 6.45) is 4.22. The van der Waals surface area contributed by atoms with Gasteiger partial charge >= 0.3 is 6.09 Å². The first-order chi connectivity index (χ1) is 9.58. The smallest absolute Gasteiger partial charge is 0.404 e. The largest absolute Gasteiger partial charge is 0.481 e. The highest BCUT2D eigenvalue weighted by atomic mass is 16.5. The molecule has 1 aliphatic carbocycles. The van der Waals surface area contributed by atoms with E-state index >= 15 is 0 Å². The molecule has 0 saturated heterocycles. The fourth-order valence-electron chi connectivity index (χ4n) is 2.44. The molecule has 7 nitrogen and oxygen atoms in total. The molecule has 1 aliphatic rings. The van der Waals surface area contributed by atoms with Crippen molar-refractivity contribution in [3.63, 3.8) is 0 Å². The van der Waals surface area contributed by atoms with Crippen LogP contribution in [0.25, 0.3) is 0 Å². The zero-order valence-corrected chi connectivity index (χ0v) is 11.7. The van der Waals surface area contributed by atoms with Gasteiger partial charge in [0.25, 0.3) is 0 Å². The second-order valence-corrected chi connectivity index (χ2v) is 5.03. The predicted molar refractivity (Wildman–Crippen MR) is 74.1 cm³/mol. The molecule has 1 amide bonds. The van der Waals surface area contributed by atoms with Crippen molar-refractivity contribution in [1.82, 2.24) is 15.3 Å². The van der Waals surface area contributed by atoms with Gasteiger partial charge in [-0.2, -0.15) is 4.98 Å². The molecule has 0 aliphatic heterocycles. The molecule has 7 heteroatoms. The number of carboxylic acid groups (broad SMARTS) is 1. The molecule has 2 rings (SSSR count). The minimum atomic E-state index is -0.951. The number of nitrogens with one attached hydrogen (secondary N) is 2. The highest BCUT2D eigenvalue weighted by molar-refractivity contribution is 5.64. The highest BCUT2D eigenvalue weighted by Crippen LogP contribution is 2.22. The molecule has 0 atom stereocenters. The Balaban J connectivity index is 1.88. The third kappa shape index (κ3) is 3.72. The maximum absolute atomic E-state index is 10.6. The first-order valence-corrected chi connectivity index (χ1v) is 6.72. The van der Waals surface area contributed by atoms with Crippen molar-refractivity contribution in [2.75, 3.05) is 12.4 Å². The maximum atomic E-state index is 10.6. The Kier molecular flexibility index (Phi) is 4.60. The monoisotopic (exact) mass is 280 g/mol. The van der Waals surface area contributed by atoms with Crippen LogP contribution in [0, 0.1) is 6.92 Å². The molecule has 1 fully saturated rings. The van der Waals surface area contributed by atoms with Crippen LogP contribution in [0.3, 0.4) is 0 Å². The van der Waals surface area contributed by atoms with E-state index in [2.05, 4.69) is 20.6 Å². The van der Waals surface area contributed by atoms with Gasteiger partial charge in [-0.1, -0.05) is 0 Å². The molecule has 110 valence electrons. The number of amides is 1. The minimum Gasteiger partial charge on any atom is -0.481 e. The number of aromatic nitrogens is 2. The van der Waals surface area contributed by atoms with E-state index in [0.717, 1.165) is 31.2 Å². The van der Waals surface area contributed by atoms with Crippen molar-refractivity contribution in [3.8, 4) is 5.88 Å². The quantitative estimate of drug-likeness (QED) is 0.778. The molecule has 0 bridgehead atoms. The lowest BCUT2D eigenvalue weighted by atomic mass is 9.91. The molecular weight excluding hydrogens is 260 g/mol. The van der Waals surface area contributed by atoms with Crippen LogP contribution in [0.2, 0.25) is 0 Å². The van der Waals surface area contributed by atoms with Crippen molar-refractivity contribution < 1.29 is 14.6 Å². The standard InChI is InChI=1S/C13H20N4O3/c1-8-7-14-12(17-11(8)20-2)15-9-3-5-10(6-4-9)16-13(18)19/h7,9-10,16H,3-6H2,1-2H3,(H,18,19)(H,14,15,17). The zero-order chi connectivity index (χ0) is 14.5. The lowest BCUT2D eigenvalue weighted by molar-refractivity contribution is 0.185. The van der Waals surface area contributed by atoms with Crippen LogP contribution in [0.1, 0.15) is 31.2 Å². The van der Waals surface area contributed by atoms with Gasteiger partial charge in [-0.25, -0.2) is 9.78 Å². The number of nitrogens with zero attached hydrogens (tertiary/aromatic N) is 2. The summed E-state index contributed by atoms with van der Waals surface area (Å²) in [4.78, 5) is 19.1. The van der Waals surface area contributed by atoms with Crippen molar-refractivity contribution in [2.24, 2.45) is 0 Å². The molecule has 1 aromatic heterocycles. The molecule has 3 N–H and O–H groups in total. The number of anilines is 1. The van der Waals surface area contributed by atoms with Crippen LogP contribution in [-0.2, 0) is 0 Å². The normalized spacial score (nSPS) is 22.1. The first-order valence-electron chi connectivity index (χ1n) is 6.72. The Morgan fingerprint density at radius 3 is 2.60 bits per heavy atom. The van der Waals surface area contributed by atoms with E-state index in [1.165, 1.54) is 0 Å². The summed E-state index contributed by atoms with van der Waals surface area (Å²) in [6.45, 7) is 1.89. The van der Waals surface area contributed by atoms with Gasteiger partial charge in [-0.15, -0.1) is 0 Å². The number of hydrogen-bond donors (Lipinski definition) is 3. The summed E-state index contributed by atoms with van der Waals surface area (Å²) >= 11 is 0. The number of hydrogen-bond acceptors (Lipinski definition) is 5. The van der Waals surface area contributed by atoms with Crippen molar-refractivity contribution in [2.45, 2.75) is 44.7 Å². The lowest BCUT2D eigenvalue weighted by Gasteiger charge is -2.28. The molecular formula is C13H20N4O3. The van der Waals surface area contributed by atoms with Gasteiger partial charge in [0.2, 0.25) is 11.8 Å². The highest BCUT2D eigenvalue weighted by Gasteiger charge is 2.22. The molecule has 1 aromatic rings. The Morgan fingerprint density at radius 2 is 2.00 bits per heavy atom. The van der Waals surface area contributed by atoms with Gasteiger partial charge in [0.1, 0.15) is 0 Å². The molecule has 0 aromatic carbocycles. The number of rotatable bonds is 4. The summed E-state index contributed by atoms with van der Waals surface area (Å²) in [5.41, 5.74) is 0.896. The summed E-state index contributed by atoms with van der Waals surface area (Å²) in [6, 6.07) is 0.327. The van der Waals surface area contributed by atoms with Gasteiger partial charge in [-0.05, 0) is 32.6 Å². The number of carbonyl (C=O) groups is 1. The molecule has 0 unspecified atom stereocenters. The fraction of sp³-hybridized carbons (Fsp3) is 0.615. The van der Waals surface area contributed by atoms with Gasteiger partial charge in [-0.3, -0.25) is 0 Å². The zero-order valence-electron chi connectivity index (χ0n) is 11.7. The average Bonchev–Trinajstić information content (AvgIpc) is 2.42. The van der Waals surface area contributed by atoms with E-state index < -0.39 is 6.09 Å². The number of methoxy groups -OCH3 is 1. The van der Waals surface area contributed by atoms with Crippen molar-refractivity contribution in [1.29, 1.82) is 0 Å². The van der Waals surface area contributed by atoms with Gasteiger partial charge in [0.15, 0.2) is 0 Å². The molecule has 1 heterocycles. The lowest BCUT2D eigenvalue weighted by Crippen LogP contribution is -2.39. The van der Waals surface area contributed by atoms with Crippen molar-refractivity contribution >= 4 is 12.0 Å². The van der Waals surface area contributed by atoms with Crippen molar-refractivity contribution in [3.05, 3.63) is 11.8 Å². The third-order valence-corrected chi connectivity index (χ3v) is 3.51. The Hall–Kier alpha value is -2.05. The van der Waals surface area contributed by atoms with E-state index in [0.29, 0.717) is 11.8 Å². The van der Waals surface area contributed by atoms with Gasteiger partial charge in [0.05, 0.1) is 7.11 Å². The summed E-state index contributed by atoms with van der Waals surface area (Å²) in [5, 5.41) is 14.5. The maximum Gasteiger partial charge on any atom is 0.404 e. The van der Waals surface area contributed by atoms with Gasteiger partial charge in [0, 0.05) is 23.8 Å². The van der Waals surface area contributed by atoms with Crippen LogP contribution in [0.15, 0.2) is 6.20 Å². The second kappa shape index (κ2) is 6.40. The van der Waals surface area contributed by atoms with Crippen LogP contribution < -0.4 is 15.4 Å². The first kappa shape index (κ1) is 14.4. The summed E-state index contributed by atoms with van der Waals surface area (Å²) in [7, 11) is 1.59. The second-order valence-electron chi connectivity index (χ2n) is 5.03. The third-order valence-electron chi connectivity index (χ3n) is 3.51. The SMILES string of the molecule is COc1nc(NC2CCC(NC(=O)O)CC2)ncc1C. The van der Waals surface area contributed by atoms with Crippen LogP contribution in [0.5, 0.6) is 5.88 Å².